The Morgan fingerprint density at radius 2 is 1.49 bits per heavy atom. The van der Waals surface area contributed by atoms with Crippen molar-refractivity contribution in [3.8, 4) is 33.8 Å². The Kier molecular flexibility index (Phi) is 8.57. The molecule has 0 unspecified atom stereocenters. The predicted octanol–water partition coefficient (Wildman–Crippen LogP) is 6.92. The van der Waals surface area contributed by atoms with E-state index in [1.54, 1.807) is 24.3 Å². The SMILES string of the molecule is CS(=O)(=O)c1ccc(Oc2cc(Oc3ccnc(Cl)c3)cc(C(=O)Nc3ncc(Oc4cccc(C(=O)O)c4)s3)c2)cc1. The standard InChI is InChI=1S/C29H20ClN3O8S2/c1-43(37,38)24-7-5-19(6-8-24)39-22-12-18(13-23(14-22)40-21-9-10-31-25(30)15-21)27(34)33-29-32-16-26(42-29)41-20-4-2-3-17(11-20)28(35)36/h2-16H,1H3,(H,35,36)(H,32,33,34). The number of amides is 1. The van der Waals surface area contributed by atoms with Gasteiger partial charge in [-0.2, -0.15) is 0 Å². The molecule has 11 nitrogen and oxygen atoms in total. The van der Waals surface area contributed by atoms with Crippen molar-refractivity contribution in [1.82, 2.24) is 9.97 Å². The average molecular weight is 638 g/mol. The molecule has 218 valence electrons. The number of nitrogens with zero attached hydrogens (tertiary/aromatic N) is 2. The summed E-state index contributed by atoms with van der Waals surface area (Å²) in [5.41, 5.74) is 0.225. The van der Waals surface area contributed by atoms with Gasteiger partial charge in [0, 0.05) is 30.1 Å². The minimum absolute atomic E-state index is 0.0658. The maximum absolute atomic E-state index is 13.3. The number of anilines is 1. The normalized spacial score (nSPS) is 11.0. The Morgan fingerprint density at radius 1 is 0.814 bits per heavy atom. The highest BCUT2D eigenvalue weighted by atomic mass is 35.5. The number of benzene rings is 3. The van der Waals surface area contributed by atoms with Crippen LogP contribution in [0.3, 0.4) is 0 Å². The number of pyridine rings is 1. The summed E-state index contributed by atoms with van der Waals surface area (Å²) in [6.45, 7) is 0. The Hall–Kier alpha value is -4.98. The zero-order chi connectivity index (χ0) is 30.6. The Balaban J connectivity index is 1.37. The number of sulfone groups is 1. The molecule has 2 heterocycles. The fraction of sp³-hybridized carbons (Fsp3) is 0.0345. The number of carbonyl (C=O) groups excluding carboxylic acids is 1. The number of rotatable bonds is 10. The Morgan fingerprint density at radius 3 is 2.16 bits per heavy atom. The van der Waals surface area contributed by atoms with Crippen LogP contribution in [0.1, 0.15) is 20.7 Å². The largest absolute Gasteiger partial charge is 0.478 e. The number of hydrogen-bond acceptors (Lipinski definition) is 10. The van der Waals surface area contributed by atoms with E-state index in [1.807, 2.05) is 0 Å². The average Bonchev–Trinajstić information content (AvgIpc) is 3.39. The summed E-state index contributed by atoms with van der Waals surface area (Å²) in [7, 11) is -3.39. The van der Waals surface area contributed by atoms with Gasteiger partial charge < -0.3 is 19.3 Å². The molecular weight excluding hydrogens is 618 g/mol. The molecule has 3 aromatic carbocycles. The van der Waals surface area contributed by atoms with Gasteiger partial charge in [0.15, 0.2) is 15.0 Å². The van der Waals surface area contributed by atoms with Gasteiger partial charge in [-0.25, -0.2) is 23.2 Å². The van der Waals surface area contributed by atoms with Crippen LogP contribution in [0.15, 0.2) is 96.2 Å². The second kappa shape index (κ2) is 12.5. The lowest BCUT2D eigenvalue weighted by Gasteiger charge is -2.12. The fourth-order valence-electron chi connectivity index (χ4n) is 3.64. The quantitative estimate of drug-likeness (QED) is 0.154. The molecule has 43 heavy (non-hydrogen) atoms. The molecule has 1 amide bonds. The van der Waals surface area contributed by atoms with E-state index < -0.39 is 21.7 Å². The maximum atomic E-state index is 13.3. The number of nitrogens with one attached hydrogen (secondary N) is 1. The number of carbonyl (C=O) groups is 2. The smallest absolute Gasteiger partial charge is 0.335 e. The van der Waals surface area contributed by atoms with E-state index in [2.05, 4.69) is 15.3 Å². The van der Waals surface area contributed by atoms with Crippen molar-refractivity contribution in [1.29, 1.82) is 0 Å². The number of hydrogen-bond donors (Lipinski definition) is 2. The van der Waals surface area contributed by atoms with Crippen LogP contribution in [0.2, 0.25) is 5.15 Å². The van der Waals surface area contributed by atoms with E-state index in [9.17, 15) is 23.1 Å². The Bertz CT molecular complexity index is 1930. The van der Waals surface area contributed by atoms with Gasteiger partial charge in [0.25, 0.3) is 5.91 Å². The van der Waals surface area contributed by atoms with E-state index in [-0.39, 0.29) is 37.8 Å². The molecule has 0 aliphatic heterocycles. The van der Waals surface area contributed by atoms with Crippen LogP contribution >= 0.6 is 22.9 Å². The molecule has 0 fully saturated rings. The molecule has 0 saturated carbocycles. The first-order valence-corrected chi connectivity index (χ1v) is 15.3. The molecule has 5 rings (SSSR count). The van der Waals surface area contributed by atoms with Crippen molar-refractivity contribution in [3.05, 3.63) is 108 Å². The molecular formula is C29H20ClN3O8S2. The summed E-state index contributed by atoms with van der Waals surface area (Å²) in [4.78, 5) is 32.7. The highest BCUT2D eigenvalue weighted by molar-refractivity contribution is 7.90. The van der Waals surface area contributed by atoms with Crippen LogP contribution in [0.4, 0.5) is 5.13 Å². The van der Waals surface area contributed by atoms with Gasteiger partial charge in [0.2, 0.25) is 5.06 Å². The summed E-state index contributed by atoms with van der Waals surface area (Å²) in [6.07, 6.45) is 3.97. The molecule has 0 bridgehead atoms. The third-order valence-electron chi connectivity index (χ3n) is 5.57. The number of aromatic nitrogens is 2. The van der Waals surface area contributed by atoms with E-state index >= 15 is 0 Å². The minimum Gasteiger partial charge on any atom is -0.478 e. The first kappa shape index (κ1) is 29.5. The van der Waals surface area contributed by atoms with Crippen molar-refractivity contribution < 1.29 is 37.3 Å². The van der Waals surface area contributed by atoms with Gasteiger partial charge in [0.05, 0.1) is 16.7 Å². The highest BCUT2D eigenvalue weighted by Gasteiger charge is 2.16. The molecule has 2 N–H and O–H groups in total. The van der Waals surface area contributed by atoms with Gasteiger partial charge in [0.1, 0.15) is 33.9 Å². The summed E-state index contributed by atoms with van der Waals surface area (Å²) < 4.78 is 41.1. The molecule has 0 atom stereocenters. The van der Waals surface area contributed by atoms with Crippen molar-refractivity contribution >= 4 is 49.8 Å². The van der Waals surface area contributed by atoms with Gasteiger partial charge in [-0.1, -0.05) is 29.0 Å². The van der Waals surface area contributed by atoms with Crippen molar-refractivity contribution in [2.24, 2.45) is 0 Å². The Labute approximate surface area is 254 Å². The lowest BCUT2D eigenvalue weighted by molar-refractivity contribution is 0.0696. The fourth-order valence-corrected chi connectivity index (χ4v) is 5.12. The van der Waals surface area contributed by atoms with E-state index in [0.717, 1.165) is 17.6 Å². The van der Waals surface area contributed by atoms with Gasteiger partial charge in [-0.05, 0) is 60.7 Å². The van der Waals surface area contributed by atoms with Gasteiger partial charge in [-0.3, -0.25) is 10.1 Å². The lowest BCUT2D eigenvalue weighted by Crippen LogP contribution is -2.11. The monoisotopic (exact) mass is 637 g/mol. The zero-order valence-electron chi connectivity index (χ0n) is 22.1. The number of carboxylic acid groups (broad SMARTS) is 1. The third-order valence-corrected chi connectivity index (χ3v) is 7.69. The molecule has 5 aromatic rings. The summed E-state index contributed by atoms with van der Waals surface area (Å²) in [6, 6.07) is 19.4. The second-order valence-electron chi connectivity index (χ2n) is 8.83. The van der Waals surface area contributed by atoms with Crippen LogP contribution < -0.4 is 19.5 Å². The zero-order valence-corrected chi connectivity index (χ0v) is 24.4. The van der Waals surface area contributed by atoms with E-state index in [0.29, 0.717) is 22.3 Å². The van der Waals surface area contributed by atoms with Crippen LogP contribution in [-0.4, -0.2) is 41.6 Å². The molecule has 0 saturated heterocycles. The summed E-state index contributed by atoms with van der Waals surface area (Å²) in [5.74, 6) is -0.143. The lowest BCUT2D eigenvalue weighted by atomic mass is 10.2. The first-order valence-electron chi connectivity index (χ1n) is 12.2. The predicted molar refractivity (Wildman–Crippen MR) is 159 cm³/mol. The first-order chi connectivity index (χ1) is 20.5. The summed E-state index contributed by atoms with van der Waals surface area (Å²) in [5, 5.41) is 12.6. The molecule has 0 spiro atoms. The van der Waals surface area contributed by atoms with Gasteiger partial charge in [-0.15, -0.1) is 0 Å². The van der Waals surface area contributed by atoms with E-state index in [4.69, 9.17) is 25.8 Å². The number of halogens is 1. The van der Waals surface area contributed by atoms with Crippen molar-refractivity contribution in [3.63, 3.8) is 0 Å². The second-order valence-corrected chi connectivity index (χ2v) is 12.2. The number of thiazole rings is 1. The number of aromatic carboxylic acids is 1. The van der Waals surface area contributed by atoms with Crippen molar-refractivity contribution in [2.75, 3.05) is 11.6 Å². The van der Waals surface area contributed by atoms with Crippen LogP contribution in [-0.2, 0) is 9.84 Å². The molecule has 0 aliphatic rings. The van der Waals surface area contributed by atoms with Crippen LogP contribution in [0.25, 0.3) is 0 Å². The molecule has 0 aliphatic carbocycles. The summed E-state index contributed by atoms with van der Waals surface area (Å²) >= 11 is 7.01. The number of ether oxygens (including phenoxy) is 3. The molecule has 2 aromatic heterocycles. The van der Waals surface area contributed by atoms with Crippen LogP contribution in [0.5, 0.6) is 33.8 Å². The minimum atomic E-state index is -3.39. The topological polar surface area (TPSA) is 154 Å². The molecule has 0 radical (unpaired) electrons. The maximum Gasteiger partial charge on any atom is 0.335 e. The highest BCUT2D eigenvalue weighted by Crippen LogP contribution is 2.34. The van der Waals surface area contributed by atoms with Crippen LogP contribution in [0, 0.1) is 0 Å². The number of carboxylic acids is 1. The molecule has 14 heteroatoms. The van der Waals surface area contributed by atoms with E-state index in [1.165, 1.54) is 67.0 Å². The van der Waals surface area contributed by atoms with Gasteiger partial charge >= 0.3 is 5.97 Å². The third kappa shape index (κ3) is 7.86. The van der Waals surface area contributed by atoms with Crippen molar-refractivity contribution in [2.45, 2.75) is 4.90 Å².